The van der Waals surface area contributed by atoms with Crippen LogP contribution in [-0.2, 0) is 0 Å². The van der Waals surface area contributed by atoms with Crippen molar-refractivity contribution in [3.8, 4) is 17.3 Å². The minimum Gasteiger partial charge on any atom is -0.481 e. The van der Waals surface area contributed by atoms with Crippen molar-refractivity contribution in [1.82, 2.24) is 15.0 Å². The molecule has 0 aliphatic rings. The van der Waals surface area contributed by atoms with Crippen LogP contribution in [0.5, 0.6) is 5.88 Å². The Bertz CT molecular complexity index is 801. The zero-order valence-corrected chi connectivity index (χ0v) is 10.2. The third-order valence-electron chi connectivity index (χ3n) is 2.82. The summed E-state index contributed by atoms with van der Waals surface area (Å²) in [4.78, 5) is 10.9. The van der Waals surface area contributed by atoms with Crippen molar-refractivity contribution < 1.29 is 17.9 Å². The van der Waals surface area contributed by atoms with Crippen LogP contribution in [0.25, 0.3) is 22.6 Å². The van der Waals surface area contributed by atoms with Gasteiger partial charge in [0.25, 0.3) is 0 Å². The van der Waals surface area contributed by atoms with Crippen LogP contribution in [0.3, 0.4) is 0 Å². The summed E-state index contributed by atoms with van der Waals surface area (Å²) < 4.78 is 44.8. The molecule has 1 N–H and O–H groups in total. The summed E-state index contributed by atoms with van der Waals surface area (Å²) in [5, 5.41) is 0. The Hall–Kier alpha value is -2.57. The monoisotopic (exact) mass is 279 g/mol. The van der Waals surface area contributed by atoms with Gasteiger partial charge in [-0.25, -0.2) is 18.2 Å². The molecule has 0 saturated heterocycles. The smallest absolute Gasteiger partial charge is 0.215 e. The maximum absolute atomic E-state index is 13.7. The molecule has 0 aliphatic heterocycles. The molecule has 3 rings (SSSR count). The van der Waals surface area contributed by atoms with E-state index in [0.717, 1.165) is 12.1 Å². The van der Waals surface area contributed by atoms with Crippen LogP contribution in [0.4, 0.5) is 13.2 Å². The number of methoxy groups -OCH3 is 1. The summed E-state index contributed by atoms with van der Waals surface area (Å²) in [6, 6.07) is 5.21. The lowest BCUT2D eigenvalue weighted by atomic mass is 10.2. The maximum atomic E-state index is 13.7. The molecule has 0 aliphatic carbocycles. The molecule has 0 fully saturated rings. The highest BCUT2D eigenvalue weighted by atomic mass is 19.2. The number of H-pyrrole nitrogens is 1. The number of nitrogens with zero attached hydrogens (tertiary/aromatic N) is 2. The fraction of sp³-hybridized carbons (Fsp3) is 0.0769. The zero-order chi connectivity index (χ0) is 14.3. The predicted molar refractivity (Wildman–Crippen MR) is 65.8 cm³/mol. The molecule has 1 aromatic carbocycles. The minimum atomic E-state index is -1.53. The molecule has 2 aromatic heterocycles. The number of rotatable bonds is 2. The van der Waals surface area contributed by atoms with Gasteiger partial charge >= 0.3 is 0 Å². The molecule has 3 aromatic rings. The third kappa shape index (κ3) is 1.87. The van der Waals surface area contributed by atoms with Gasteiger partial charge in [-0.15, -0.1) is 0 Å². The van der Waals surface area contributed by atoms with E-state index < -0.39 is 17.5 Å². The maximum Gasteiger partial charge on any atom is 0.215 e. The topological polar surface area (TPSA) is 50.8 Å². The Labute approximate surface area is 111 Å². The van der Waals surface area contributed by atoms with Gasteiger partial charge in [0.2, 0.25) is 5.88 Å². The lowest BCUT2D eigenvalue weighted by Gasteiger charge is -2.00. The molecule has 0 spiro atoms. The number of nitrogens with one attached hydrogen (secondary N) is 1. The SMILES string of the molecule is COc1ccc2[nH]c(-c3ccc(F)c(F)c3F)nc2n1. The highest BCUT2D eigenvalue weighted by molar-refractivity contribution is 5.76. The normalized spacial score (nSPS) is 11.0. The molecule has 0 radical (unpaired) electrons. The summed E-state index contributed by atoms with van der Waals surface area (Å²) in [5.41, 5.74) is 0.661. The van der Waals surface area contributed by atoms with Crippen LogP contribution in [0, 0.1) is 17.5 Å². The standard InChI is InChI=1S/C13H8F3N3O/c1-20-9-5-4-8-13(18-9)19-12(17-8)6-2-3-7(14)11(16)10(6)15/h2-5H,1H3,(H,17,18,19). The molecule has 20 heavy (non-hydrogen) atoms. The van der Waals surface area contributed by atoms with E-state index in [2.05, 4.69) is 15.0 Å². The number of hydrogen-bond acceptors (Lipinski definition) is 3. The Morgan fingerprint density at radius 3 is 2.55 bits per heavy atom. The first kappa shape index (κ1) is 12.5. The van der Waals surface area contributed by atoms with E-state index in [0.29, 0.717) is 17.0 Å². The number of hydrogen-bond donors (Lipinski definition) is 1. The van der Waals surface area contributed by atoms with Crippen molar-refractivity contribution in [2.24, 2.45) is 0 Å². The Morgan fingerprint density at radius 1 is 1.00 bits per heavy atom. The van der Waals surface area contributed by atoms with Crippen molar-refractivity contribution in [2.45, 2.75) is 0 Å². The number of aromatic nitrogens is 3. The average molecular weight is 279 g/mol. The number of halogens is 3. The average Bonchev–Trinajstić information content (AvgIpc) is 2.87. The molecule has 7 heteroatoms. The molecule has 0 saturated carbocycles. The van der Waals surface area contributed by atoms with Crippen LogP contribution in [0.1, 0.15) is 0 Å². The van der Waals surface area contributed by atoms with Crippen LogP contribution in [-0.4, -0.2) is 22.1 Å². The van der Waals surface area contributed by atoms with E-state index in [4.69, 9.17) is 4.74 Å². The first-order valence-corrected chi connectivity index (χ1v) is 5.65. The van der Waals surface area contributed by atoms with Crippen LogP contribution in [0.15, 0.2) is 24.3 Å². The molecule has 0 bridgehead atoms. The Morgan fingerprint density at radius 2 is 1.80 bits per heavy atom. The van der Waals surface area contributed by atoms with Gasteiger partial charge in [-0.3, -0.25) is 0 Å². The largest absolute Gasteiger partial charge is 0.481 e. The van der Waals surface area contributed by atoms with Crippen molar-refractivity contribution in [3.05, 3.63) is 41.7 Å². The van der Waals surface area contributed by atoms with Gasteiger partial charge in [0, 0.05) is 6.07 Å². The van der Waals surface area contributed by atoms with Gasteiger partial charge < -0.3 is 9.72 Å². The number of fused-ring (bicyclic) bond motifs is 1. The van der Waals surface area contributed by atoms with Crippen molar-refractivity contribution in [2.75, 3.05) is 7.11 Å². The van der Waals surface area contributed by atoms with Crippen molar-refractivity contribution in [1.29, 1.82) is 0 Å². The molecule has 102 valence electrons. The Balaban J connectivity index is 2.17. The van der Waals surface area contributed by atoms with Crippen LogP contribution >= 0.6 is 0 Å². The van der Waals surface area contributed by atoms with E-state index in [-0.39, 0.29) is 11.4 Å². The van der Waals surface area contributed by atoms with Gasteiger partial charge in [0.1, 0.15) is 5.82 Å². The molecule has 0 atom stereocenters. The third-order valence-corrected chi connectivity index (χ3v) is 2.82. The molecule has 2 heterocycles. The number of benzene rings is 1. The molecule has 0 amide bonds. The van der Waals surface area contributed by atoms with E-state index >= 15 is 0 Å². The highest BCUT2D eigenvalue weighted by Crippen LogP contribution is 2.26. The fourth-order valence-corrected chi connectivity index (χ4v) is 1.83. The number of aromatic amines is 1. The second-order valence-electron chi connectivity index (χ2n) is 4.03. The Kier molecular flexibility index (Phi) is 2.81. The van der Waals surface area contributed by atoms with Gasteiger partial charge in [0.05, 0.1) is 18.2 Å². The lowest BCUT2D eigenvalue weighted by Crippen LogP contribution is -1.94. The zero-order valence-electron chi connectivity index (χ0n) is 10.2. The first-order valence-electron chi connectivity index (χ1n) is 5.65. The molecular formula is C13H8F3N3O. The van der Waals surface area contributed by atoms with E-state index in [1.165, 1.54) is 7.11 Å². The van der Waals surface area contributed by atoms with Gasteiger partial charge in [-0.05, 0) is 18.2 Å². The van der Waals surface area contributed by atoms with Gasteiger partial charge in [-0.1, -0.05) is 0 Å². The molecule has 0 unspecified atom stereocenters. The second kappa shape index (κ2) is 4.52. The predicted octanol–water partition coefficient (Wildman–Crippen LogP) is 3.05. The van der Waals surface area contributed by atoms with Gasteiger partial charge in [0.15, 0.2) is 23.1 Å². The fourth-order valence-electron chi connectivity index (χ4n) is 1.83. The van der Waals surface area contributed by atoms with Crippen LogP contribution in [0.2, 0.25) is 0 Å². The lowest BCUT2D eigenvalue weighted by molar-refractivity contribution is 0.399. The summed E-state index contributed by atoms with van der Waals surface area (Å²) >= 11 is 0. The minimum absolute atomic E-state index is 0.0668. The van der Waals surface area contributed by atoms with E-state index in [1.807, 2.05) is 0 Å². The summed E-state index contributed by atoms with van der Waals surface area (Å²) in [6.07, 6.45) is 0. The number of imidazole rings is 1. The van der Waals surface area contributed by atoms with E-state index in [1.54, 1.807) is 12.1 Å². The van der Waals surface area contributed by atoms with Crippen LogP contribution < -0.4 is 4.74 Å². The summed E-state index contributed by atoms with van der Waals surface area (Å²) in [6.45, 7) is 0. The first-order chi connectivity index (χ1) is 9.60. The summed E-state index contributed by atoms with van der Waals surface area (Å²) in [5.74, 6) is -3.66. The van der Waals surface area contributed by atoms with Gasteiger partial charge in [-0.2, -0.15) is 4.98 Å². The second-order valence-corrected chi connectivity index (χ2v) is 4.03. The molecule has 4 nitrogen and oxygen atoms in total. The van der Waals surface area contributed by atoms with Crippen molar-refractivity contribution >= 4 is 11.2 Å². The van der Waals surface area contributed by atoms with Crippen molar-refractivity contribution in [3.63, 3.8) is 0 Å². The number of ether oxygens (including phenoxy) is 1. The highest BCUT2D eigenvalue weighted by Gasteiger charge is 2.17. The quantitative estimate of drug-likeness (QED) is 0.733. The summed E-state index contributed by atoms with van der Waals surface area (Å²) in [7, 11) is 1.46. The number of pyridine rings is 1. The molecular weight excluding hydrogens is 271 g/mol. The van der Waals surface area contributed by atoms with E-state index in [9.17, 15) is 13.2 Å².